The number of Topliss-reactive ketones (excluding diaryl/α,β-unsaturated/α-hetero) is 2. The van der Waals surface area contributed by atoms with Crippen LogP contribution in [-0.2, 0) is 47.8 Å². The third-order valence-electron chi connectivity index (χ3n) is 10.6. The minimum Gasteiger partial charge on any atom is -0.481 e. The van der Waals surface area contributed by atoms with Crippen molar-refractivity contribution in [3.05, 3.63) is 153 Å². The van der Waals surface area contributed by atoms with Crippen LogP contribution < -0.4 is 0 Å². The minimum atomic E-state index is -1.55. The van der Waals surface area contributed by atoms with E-state index in [4.69, 9.17) is 24.8 Å². The van der Waals surface area contributed by atoms with Crippen LogP contribution in [0.2, 0.25) is 0 Å². The van der Waals surface area contributed by atoms with E-state index in [1.807, 2.05) is 140 Å². The fraction of sp³-hybridized carbons (Fsp3) is 0.358. The summed E-state index contributed by atoms with van der Waals surface area (Å²) in [6, 6.07) is 0. The predicted molar refractivity (Wildman–Crippen MR) is 255 cm³/mol. The Morgan fingerprint density at radius 1 is 0.597 bits per heavy atom. The standard InChI is InChI=1S/C47H56O10.C6H8O4/c1-30(17-13-19-32(3)21-23-37-34(5)43(52)39(56-29-48)27-46(37,7)8)15-11-12-16-31(2)18-14-20-33(4)22-24-38-35(6)44(53)40(28-47(38,9)10)57-42(51)26-36(45(54)55)25-41(49)50;1-2-4(6(9)10)3-5(7)8/h11-24,26,29,39-40H,25,27-28H2,1-10H3,(H,49,50)(H,54,55);2H,3H2,1H3,(H,7,8)(H,9,10)/b12-11+,17-13+,18-14+,23-21+,24-22+,30-15+,31-16+,32-19+,33-20+,36-26-;4-2-. The Kier molecular flexibility index (Phi) is 23.6. The number of ketones is 2. The Balaban J connectivity index is 0.00000200. The molecule has 0 bridgehead atoms. The highest BCUT2D eigenvalue weighted by atomic mass is 16.5. The second kappa shape index (κ2) is 27.3. The summed E-state index contributed by atoms with van der Waals surface area (Å²) >= 11 is 0. The molecule has 0 radical (unpaired) electrons. The van der Waals surface area contributed by atoms with Gasteiger partial charge in [-0.1, -0.05) is 141 Å². The SMILES string of the molecule is C/C=C(/CC(=O)O)C(=O)O.CC1=C(/C=C/C(C)=C/C=C/C(C)=C/C=C/C=C(C)/C=C/C=C(C)/C=C/C2=C(C)C(=O)C(OC(=O)/C=C(/CC(=O)O)C(=O)O)CC2(C)C)C(C)(C)CC(OC=O)C1=O. The fourth-order valence-electron chi connectivity index (χ4n) is 6.97. The van der Waals surface area contributed by atoms with Crippen LogP contribution in [0.3, 0.4) is 0 Å². The zero-order chi connectivity index (χ0) is 51.2. The number of hydrogen-bond donors (Lipinski definition) is 4. The van der Waals surface area contributed by atoms with Gasteiger partial charge in [0.25, 0.3) is 6.47 Å². The van der Waals surface area contributed by atoms with Crippen LogP contribution in [0.4, 0.5) is 0 Å². The molecule has 4 N–H and O–H groups in total. The van der Waals surface area contributed by atoms with Crippen molar-refractivity contribution < 1.29 is 68.3 Å². The lowest BCUT2D eigenvalue weighted by molar-refractivity contribution is -0.151. The molecule has 0 heterocycles. The third-order valence-corrected chi connectivity index (χ3v) is 10.6. The van der Waals surface area contributed by atoms with Crippen molar-refractivity contribution in [3.63, 3.8) is 0 Å². The molecule has 360 valence electrons. The van der Waals surface area contributed by atoms with Crippen LogP contribution in [0.15, 0.2) is 153 Å². The van der Waals surface area contributed by atoms with E-state index < -0.39 is 71.7 Å². The first-order valence-electron chi connectivity index (χ1n) is 21.3. The highest BCUT2D eigenvalue weighted by molar-refractivity contribution is 6.04. The molecule has 2 aliphatic carbocycles. The van der Waals surface area contributed by atoms with Crippen molar-refractivity contribution in [1.82, 2.24) is 0 Å². The lowest BCUT2D eigenvalue weighted by Gasteiger charge is -2.36. The molecular formula is C53H64O14. The van der Waals surface area contributed by atoms with Gasteiger partial charge in [0.1, 0.15) is 0 Å². The maximum Gasteiger partial charge on any atom is 0.332 e. The lowest BCUT2D eigenvalue weighted by Crippen LogP contribution is -2.38. The molecule has 67 heavy (non-hydrogen) atoms. The van der Waals surface area contributed by atoms with E-state index in [1.165, 1.54) is 13.0 Å². The quantitative estimate of drug-likeness (QED) is 0.0385. The van der Waals surface area contributed by atoms with E-state index in [-0.39, 0.29) is 23.2 Å². The molecular weight excluding hydrogens is 861 g/mol. The zero-order valence-corrected chi connectivity index (χ0v) is 40.2. The van der Waals surface area contributed by atoms with Crippen molar-refractivity contribution in [2.24, 2.45) is 10.8 Å². The summed E-state index contributed by atoms with van der Waals surface area (Å²) in [5.74, 6) is -6.90. The molecule has 14 heteroatoms. The number of ether oxygens (including phenoxy) is 2. The summed E-state index contributed by atoms with van der Waals surface area (Å²) in [6.45, 7) is 21.1. The molecule has 14 nitrogen and oxygen atoms in total. The molecule has 0 aromatic carbocycles. The summed E-state index contributed by atoms with van der Waals surface area (Å²) < 4.78 is 10.3. The van der Waals surface area contributed by atoms with Crippen molar-refractivity contribution in [2.45, 2.75) is 114 Å². The molecule has 0 saturated carbocycles. The average molecular weight is 925 g/mol. The molecule has 0 saturated heterocycles. The second-order valence-electron chi connectivity index (χ2n) is 17.3. The van der Waals surface area contributed by atoms with Crippen LogP contribution in [0.1, 0.15) is 102 Å². The Morgan fingerprint density at radius 2 is 0.970 bits per heavy atom. The van der Waals surface area contributed by atoms with Gasteiger partial charge in [0, 0.05) is 24.5 Å². The number of carboxylic acids is 4. The van der Waals surface area contributed by atoms with E-state index in [0.717, 1.165) is 33.4 Å². The Morgan fingerprint density at radius 3 is 1.34 bits per heavy atom. The van der Waals surface area contributed by atoms with Crippen LogP contribution in [0, 0.1) is 10.8 Å². The molecule has 0 amide bonds. The highest BCUT2D eigenvalue weighted by Gasteiger charge is 2.40. The molecule has 2 atom stereocenters. The highest BCUT2D eigenvalue weighted by Crippen LogP contribution is 2.42. The van der Waals surface area contributed by atoms with E-state index in [9.17, 15) is 43.5 Å². The van der Waals surface area contributed by atoms with Crippen LogP contribution >= 0.6 is 0 Å². The molecule has 0 aliphatic heterocycles. The monoisotopic (exact) mass is 924 g/mol. The first kappa shape index (κ1) is 57.8. The van der Waals surface area contributed by atoms with Gasteiger partial charge in [0.2, 0.25) is 0 Å². The van der Waals surface area contributed by atoms with Crippen LogP contribution in [0.5, 0.6) is 0 Å². The molecule has 0 spiro atoms. The molecule has 0 aromatic rings. The van der Waals surface area contributed by atoms with Gasteiger partial charge in [-0.05, 0) is 81.6 Å². The molecule has 2 unspecified atom stereocenters. The topological polar surface area (TPSA) is 236 Å². The van der Waals surface area contributed by atoms with E-state index in [2.05, 4.69) is 0 Å². The Bertz CT molecular complexity index is 2350. The molecule has 2 aliphatic rings. The zero-order valence-electron chi connectivity index (χ0n) is 40.2. The van der Waals surface area contributed by atoms with E-state index >= 15 is 0 Å². The number of aliphatic carboxylic acids is 4. The predicted octanol–water partition coefficient (Wildman–Crippen LogP) is 9.61. The first-order chi connectivity index (χ1) is 31.2. The molecule has 0 fully saturated rings. The number of esters is 1. The summed E-state index contributed by atoms with van der Waals surface area (Å²) in [4.78, 5) is 91.3. The normalized spacial score (nSPS) is 20.0. The van der Waals surface area contributed by atoms with E-state index in [0.29, 0.717) is 30.1 Å². The lowest BCUT2D eigenvalue weighted by atomic mass is 9.71. The summed E-state index contributed by atoms with van der Waals surface area (Å²) in [5, 5.41) is 34.5. The number of allylic oxidation sites excluding steroid dienone is 21. The van der Waals surface area contributed by atoms with Crippen molar-refractivity contribution >= 4 is 47.9 Å². The first-order valence-corrected chi connectivity index (χ1v) is 21.3. The number of carbonyl (C=O) groups is 8. The second-order valence-corrected chi connectivity index (χ2v) is 17.3. The third kappa shape index (κ3) is 20.2. The van der Waals surface area contributed by atoms with Crippen molar-refractivity contribution in [2.75, 3.05) is 0 Å². The van der Waals surface area contributed by atoms with Gasteiger partial charge in [-0.25, -0.2) is 14.4 Å². The number of carbonyl (C=O) groups excluding carboxylic acids is 4. The van der Waals surface area contributed by atoms with Crippen LogP contribution in [-0.4, -0.2) is 80.5 Å². The molecule has 2 rings (SSSR count). The molecule has 0 aromatic heterocycles. The number of rotatable bonds is 20. The summed E-state index contributed by atoms with van der Waals surface area (Å²) in [7, 11) is 0. The van der Waals surface area contributed by atoms with Gasteiger partial charge >= 0.3 is 29.8 Å². The maximum absolute atomic E-state index is 13.1. The van der Waals surface area contributed by atoms with Gasteiger partial charge < -0.3 is 29.9 Å². The number of hydrogen-bond acceptors (Lipinski definition) is 10. The van der Waals surface area contributed by atoms with Gasteiger partial charge in [-0.2, -0.15) is 0 Å². The fourth-order valence-corrected chi connectivity index (χ4v) is 6.97. The van der Waals surface area contributed by atoms with Gasteiger partial charge in [-0.15, -0.1) is 0 Å². The smallest absolute Gasteiger partial charge is 0.332 e. The largest absolute Gasteiger partial charge is 0.481 e. The van der Waals surface area contributed by atoms with E-state index in [1.54, 1.807) is 13.8 Å². The Labute approximate surface area is 392 Å². The minimum absolute atomic E-state index is 0.0903. The summed E-state index contributed by atoms with van der Waals surface area (Å²) in [6.07, 6.45) is 26.9. The van der Waals surface area contributed by atoms with Crippen LogP contribution in [0.25, 0.3) is 0 Å². The Hall–Kier alpha value is -7.22. The average Bonchev–Trinajstić information content (AvgIpc) is 3.21. The van der Waals surface area contributed by atoms with Crippen molar-refractivity contribution in [3.8, 4) is 0 Å². The van der Waals surface area contributed by atoms with Crippen molar-refractivity contribution in [1.29, 1.82) is 0 Å². The number of carboxylic acid groups (broad SMARTS) is 4. The van der Waals surface area contributed by atoms with Gasteiger partial charge in [-0.3, -0.25) is 24.0 Å². The van der Waals surface area contributed by atoms with Gasteiger partial charge in [0.15, 0.2) is 23.8 Å². The maximum atomic E-state index is 13.1. The van der Waals surface area contributed by atoms with Gasteiger partial charge in [0.05, 0.1) is 18.4 Å². The summed E-state index contributed by atoms with van der Waals surface area (Å²) in [5.41, 5.74) is 5.26.